The summed E-state index contributed by atoms with van der Waals surface area (Å²) in [5.41, 5.74) is 3.77. The highest BCUT2D eigenvalue weighted by atomic mass is 35.5. The number of alkyl halides is 1. The van der Waals surface area contributed by atoms with Crippen molar-refractivity contribution in [3.05, 3.63) is 138 Å². The van der Waals surface area contributed by atoms with Crippen LogP contribution in [-0.4, -0.2) is 29.9 Å². The van der Waals surface area contributed by atoms with E-state index in [0.717, 1.165) is 49.3 Å². The zero-order valence-corrected chi connectivity index (χ0v) is 22.2. The first-order chi connectivity index (χ1) is 17.7. The summed E-state index contributed by atoms with van der Waals surface area (Å²) in [6, 6.07) is 40.1. The Morgan fingerprint density at radius 1 is 0.730 bits per heavy atom. The van der Waals surface area contributed by atoms with Gasteiger partial charge in [0.15, 0.2) is 4.87 Å². The molecular formula is C32H31Cl2N2O-. The minimum atomic E-state index is -1.32. The van der Waals surface area contributed by atoms with Crippen LogP contribution in [0.15, 0.2) is 121 Å². The van der Waals surface area contributed by atoms with E-state index in [2.05, 4.69) is 35.2 Å². The second kappa shape index (κ2) is 12.4. The average Bonchev–Trinajstić information content (AvgIpc) is 2.96. The number of hydrogen-bond acceptors (Lipinski definition) is 2. The van der Waals surface area contributed by atoms with E-state index in [1.165, 1.54) is 5.56 Å². The Hall–Kier alpha value is -3.11. The Bertz CT molecular complexity index is 1210. The first kappa shape index (κ1) is 26.9. The summed E-state index contributed by atoms with van der Waals surface area (Å²) in [5, 5.41) is 0. The topological polar surface area (TPSA) is 23.6 Å². The van der Waals surface area contributed by atoms with E-state index in [1.807, 2.05) is 95.9 Å². The normalized spacial score (nSPS) is 14.5. The number of benzene rings is 4. The van der Waals surface area contributed by atoms with E-state index < -0.39 is 4.87 Å². The molecule has 1 heterocycles. The predicted octanol–water partition coefficient (Wildman–Crippen LogP) is 3.87. The molecule has 0 spiro atoms. The zero-order chi connectivity index (χ0) is 24.8. The molecule has 0 bridgehead atoms. The van der Waals surface area contributed by atoms with E-state index in [4.69, 9.17) is 11.6 Å². The number of piperidine rings is 1. The summed E-state index contributed by atoms with van der Waals surface area (Å²) < 4.78 is 0. The number of anilines is 1. The number of amides is 1. The molecule has 1 aliphatic heterocycles. The molecule has 5 rings (SSSR count). The van der Waals surface area contributed by atoms with Crippen molar-refractivity contribution < 1.29 is 17.2 Å². The quantitative estimate of drug-likeness (QED) is 0.339. The van der Waals surface area contributed by atoms with Crippen molar-refractivity contribution in [2.45, 2.75) is 30.3 Å². The van der Waals surface area contributed by atoms with Gasteiger partial charge in [-0.2, -0.15) is 0 Å². The molecular weight excluding hydrogens is 499 g/mol. The lowest BCUT2D eigenvalue weighted by Crippen LogP contribution is -3.00. The van der Waals surface area contributed by atoms with Gasteiger partial charge < -0.3 is 17.3 Å². The van der Waals surface area contributed by atoms with Crippen LogP contribution in [0.2, 0.25) is 0 Å². The van der Waals surface area contributed by atoms with E-state index >= 15 is 0 Å². The maximum absolute atomic E-state index is 14.6. The van der Waals surface area contributed by atoms with Crippen molar-refractivity contribution in [3.8, 4) is 0 Å². The summed E-state index contributed by atoms with van der Waals surface area (Å²) in [6.07, 6.45) is 1.79. The van der Waals surface area contributed by atoms with Crippen molar-refractivity contribution in [2.75, 3.05) is 18.0 Å². The van der Waals surface area contributed by atoms with Gasteiger partial charge in [-0.25, -0.2) is 0 Å². The third-order valence-electron chi connectivity index (χ3n) is 7.06. The van der Waals surface area contributed by atoms with Crippen molar-refractivity contribution in [1.82, 2.24) is 4.90 Å². The van der Waals surface area contributed by atoms with Crippen molar-refractivity contribution in [2.24, 2.45) is 0 Å². The Morgan fingerprint density at radius 3 is 1.65 bits per heavy atom. The summed E-state index contributed by atoms with van der Waals surface area (Å²) in [4.78, 5) is 17.7. The summed E-state index contributed by atoms with van der Waals surface area (Å²) in [6.45, 7) is 2.80. The van der Waals surface area contributed by atoms with Gasteiger partial charge in [0.2, 0.25) is 0 Å². The number of rotatable bonds is 7. The number of carbonyl (C=O) groups excluding carboxylic acids is 1. The Morgan fingerprint density at radius 2 is 1.16 bits per heavy atom. The van der Waals surface area contributed by atoms with E-state index in [0.29, 0.717) is 0 Å². The lowest BCUT2D eigenvalue weighted by Gasteiger charge is -2.42. The first-order valence-corrected chi connectivity index (χ1v) is 13.0. The molecule has 37 heavy (non-hydrogen) atoms. The maximum atomic E-state index is 14.6. The molecule has 0 N–H and O–H groups in total. The van der Waals surface area contributed by atoms with Gasteiger partial charge in [0.25, 0.3) is 5.91 Å². The van der Waals surface area contributed by atoms with Crippen LogP contribution in [0.4, 0.5) is 5.69 Å². The number of carbonyl (C=O) groups is 1. The molecule has 5 heteroatoms. The monoisotopic (exact) mass is 529 g/mol. The van der Waals surface area contributed by atoms with Crippen LogP contribution in [0, 0.1) is 0 Å². The van der Waals surface area contributed by atoms with Gasteiger partial charge in [-0.05, 0) is 41.7 Å². The first-order valence-electron chi connectivity index (χ1n) is 12.6. The Balaban J connectivity index is 0.00000320. The van der Waals surface area contributed by atoms with Gasteiger partial charge >= 0.3 is 0 Å². The highest BCUT2D eigenvalue weighted by Crippen LogP contribution is 2.41. The number of likely N-dealkylation sites (tertiary alicyclic amines) is 1. The van der Waals surface area contributed by atoms with Gasteiger partial charge in [-0.3, -0.25) is 9.69 Å². The lowest BCUT2D eigenvalue weighted by atomic mass is 9.87. The smallest absolute Gasteiger partial charge is 0.257 e. The minimum Gasteiger partial charge on any atom is -1.00 e. The summed E-state index contributed by atoms with van der Waals surface area (Å²) >= 11 is 7.44. The van der Waals surface area contributed by atoms with Crippen LogP contribution in [0.5, 0.6) is 0 Å². The highest BCUT2D eigenvalue weighted by molar-refractivity contribution is 6.39. The fourth-order valence-corrected chi connectivity index (χ4v) is 5.52. The molecule has 0 unspecified atom stereocenters. The molecule has 0 aliphatic carbocycles. The van der Waals surface area contributed by atoms with Crippen LogP contribution >= 0.6 is 11.6 Å². The van der Waals surface area contributed by atoms with Crippen LogP contribution in [-0.2, 0) is 16.2 Å². The Labute approximate surface area is 231 Å². The fourth-order valence-electron chi connectivity index (χ4n) is 5.17. The molecule has 3 nitrogen and oxygen atoms in total. The second-order valence-corrected chi connectivity index (χ2v) is 9.96. The molecule has 4 aromatic carbocycles. The number of halogens is 2. The summed E-state index contributed by atoms with van der Waals surface area (Å²) in [5.74, 6) is -0.103. The van der Waals surface area contributed by atoms with Gasteiger partial charge in [-0.15, -0.1) is 0 Å². The maximum Gasteiger partial charge on any atom is 0.257 e. The molecule has 0 aromatic heterocycles. The largest absolute Gasteiger partial charge is 1.00 e. The second-order valence-electron chi connectivity index (χ2n) is 9.39. The lowest BCUT2D eigenvalue weighted by molar-refractivity contribution is -0.121. The van der Waals surface area contributed by atoms with Gasteiger partial charge in [-0.1, -0.05) is 121 Å². The van der Waals surface area contributed by atoms with Crippen molar-refractivity contribution in [3.63, 3.8) is 0 Å². The zero-order valence-electron chi connectivity index (χ0n) is 20.7. The van der Waals surface area contributed by atoms with Crippen LogP contribution < -0.4 is 17.3 Å². The predicted molar refractivity (Wildman–Crippen MR) is 148 cm³/mol. The van der Waals surface area contributed by atoms with Gasteiger partial charge in [0, 0.05) is 31.4 Å². The Kier molecular flexibility index (Phi) is 9.04. The number of hydrogen-bond donors (Lipinski definition) is 0. The molecule has 1 saturated heterocycles. The molecule has 1 amide bonds. The van der Waals surface area contributed by atoms with Crippen molar-refractivity contribution >= 4 is 23.2 Å². The number of nitrogens with zero attached hydrogens (tertiary/aromatic N) is 2. The third kappa shape index (κ3) is 5.91. The fraction of sp³-hybridized carbons (Fsp3) is 0.219. The SMILES string of the molecule is O=C(N(c1ccccc1)C1CCN(Cc2ccccc2)CC1)C(Cl)(c1ccccc1)c1ccccc1.[Cl-]. The molecule has 190 valence electrons. The molecule has 0 radical (unpaired) electrons. The molecule has 1 aliphatic rings. The molecule has 0 atom stereocenters. The summed E-state index contributed by atoms with van der Waals surface area (Å²) in [7, 11) is 0. The standard InChI is InChI=1S/C32H31ClN2O.ClH/c33-32(27-15-7-2-8-16-27,28-17-9-3-10-18-28)31(36)35(29-19-11-4-12-20-29)30-21-23-34(24-22-30)25-26-13-5-1-6-14-26;/h1-20,30H,21-25H2;1H/p-1. The van der Waals surface area contributed by atoms with Crippen molar-refractivity contribution in [1.29, 1.82) is 0 Å². The van der Waals surface area contributed by atoms with Crippen LogP contribution in [0.1, 0.15) is 29.5 Å². The molecule has 1 fully saturated rings. The van der Waals surface area contributed by atoms with Gasteiger partial charge in [0.05, 0.1) is 0 Å². The minimum absolute atomic E-state index is 0. The number of para-hydroxylation sites is 1. The van der Waals surface area contributed by atoms with Crippen LogP contribution in [0.3, 0.4) is 0 Å². The van der Waals surface area contributed by atoms with E-state index in [9.17, 15) is 4.79 Å². The van der Waals surface area contributed by atoms with Crippen LogP contribution in [0.25, 0.3) is 0 Å². The van der Waals surface area contributed by atoms with E-state index in [-0.39, 0.29) is 24.4 Å². The molecule has 0 saturated carbocycles. The average molecular weight is 531 g/mol. The molecule has 4 aromatic rings. The highest BCUT2D eigenvalue weighted by Gasteiger charge is 2.45. The van der Waals surface area contributed by atoms with E-state index in [1.54, 1.807) is 0 Å². The third-order valence-corrected chi connectivity index (χ3v) is 7.66. The van der Waals surface area contributed by atoms with Gasteiger partial charge in [0.1, 0.15) is 0 Å².